The molecule has 0 spiro atoms. The number of halogens is 1. The molecule has 2 aliphatic rings. The van der Waals surface area contributed by atoms with Gasteiger partial charge in [-0.15, -0.1) is 0 Å². The average molecular weight is 523 g/mol. The third-order valence-electron chi connectivity index (χ3n) is 5.72. The maximum absolute atomic E-state index is 12.8. The Morgan fingerprint density at radius 3 is 2.80 bits per heavy atom. The number of amides is 1. The molecule has 1 fully saturated rings. The Labute approximate surface area is 207 Å². The number of aliphatic hydroxyl groups excluding tert-OH is 1. The standard InChI is InChI=1S/C22H23ClN4O7S/c1-11(28)34-9-12-10-35(33)21-18(20(30)27(21)19(12)22(31)32)26-17(29)5-7-24-15-4-6-25-16-8-13(23)2-3-14(15)16/h2-4,6,8,18,20-21,30H,5,7,9-10H2,1H3,(H,24,25)(H,26,29)(H,31,32)/t18-,20?,21?,35?/m1/s1. The molecule has 13 heteroatoms. The fraction of sp³-hybridized carbons (Fsp3) is 0.364. The summed E-state index contributed by atoms with van der Waals surface area (Å²) in [5.74, 6) is -2.49. The highest BCUT2D eigenvalue weighted by atomic mass is 35.5. The maximum Gasteiger partial charge on any atom is 0.352 e. The number of carbonyl (C=O) groups excluding carboxylic acids is 2. The minimum atomic E-state index is -1.63. The zero-order valence-corrected chi connectivity index (χ0v) is 20.1. The lowest BCUT2D eigenvalue weighted by atomic mass is 10.0. The first kappa shape index (κ1) is 24.9. The molecule has 1 aromatic heterocycles. The molecule has 1 amide bonds. The second-order valence-corrected chi connectivity index (χ2v) is 10.0. The number of aliphatic carboxylic acids is 1. The van der Waals surface area contributed by atoms with E-state index in [1.54, 1.807) is 24.4 Å². The first-order valence-electron chi connectivity index (χ1n) is 10.7. The largest absolute Gasteiger partial charge is 0.477 e. The maximum atomic E-state index is 12.8. The first-order chi connectivity index (χ1) is 16.7. The van der Waals surface area contributed by atoms with Gasteiger partial charge in [0.25, 0.3) is 0 Å². The Bertz CT molecular complexity index is 1250. The summed E-state index contributed by atoms with van der Waals surface area (Å²) in [6, 6.07) is 6.18. The fourth-order valence-corrected chi connectivity index (χ4v) is 6.07. The number of benzene rings is 1. The number of pyridine rings is 1. The lowest BCUT2D eigenvalue weighted by Gasteiger charge is -2.55. The van der Waals surface area contributed by atoms with E-state index in [0.717, 1.165) is 16.0 Å². The van der Waals surface area contributed by atoms with Gasteiger partial charge in [0.15, 0.2) is 6.23 Å². The normalized spacial score (nSPS) is 23.3. The summed E-state index contributed by atoms with van der Waals surface area (Å²) in [5, 5.41) is 26.5. The zero-order chi connectivity index (χ0) is 25.3. The number of fused-ring (bicyclic) bond motifs is 2. The van der Waals surface area contributed by atoms with E-state index in [2.05, 4.69) is 15.6 Å². The van der Waals surface area contributed by atoms with Gasteiger partial charge in [-0.1, -0.05) is 11.6 Å². The molecule has 1 saturated heterocycles. The molecule has 3 heterocycles. The van der Waals surface area contributed by atoms with E-state index in [-0.39, 0.29) is 36.6 Å². The van der Waals surface area contributed by atoms with Gasteiger partial charge in [-0.2, -0.15) is 0 Å². The molecule has 1 aromatic carbocycles. The summed E-state index contributed by atoms with van der Waals surface area (Å²) in [7, 11) is -1.63. The van der Waals surface area contributed by atoms with Crippen molar-refractivity contribution in [2.24, 2.45) is 0 Å². The highest BCUT2D eigenvalue weighted by Gasteiger charge is 2.56. The number of ether oxygens (including phenoxy) is 1. The van der Waals surface area contributed by atoms with E-state index in [4.69, 9.17) is 16.3 Å². The Morgan fingerprint density at radius 1 is 1.31 bits per heavy atom. The Kier molecular flexibility index (Phi) is 7.24. The van der Waals surface area contributed by atoms with Gasteiger partial charge < -0.3 is 30.5 Å². The number of esters is 1. The number of carboxylic acids is 1. The van der Waals surface area contributed by atoms with Crippen LogP contribution >= 0.6 is 11.6 Å². The van der Waals surface area contributed by atoms with Gasteiger partial charge in [-0.05, 0) is 24.3 Å². The van der Waals surface area contributed by atoms with E-state index >= 15 is 0 Å². The molecule has 4 rings (SSSR count). The predicted octanol–water partition coefficient (Wildman–Crippen LogP) is 0.799. The molecule has 0 saturated carbocycles. The Morgan fingerprint density at radius 2 is 2.09 bits per heavy atom. The Hall–Kier alpha value is -3.22. The number of carboxylic acid groups (broad SMARTS) is 1. The van der Waals surface area contributed by atoms with Crippen LogP contribution in [0.1, 0.15) is 13.3 Å². The van der Waals surface area contributed by atoms with Crippen LogP contribution in [0.4, 0.5) is 5.69 Å². The number of carbonyl (C=O) groups is 3. The molecule has 0 bridgehead atoms. The van der Waals surface area contributed by atoms with Crippen molar-refractivity contribution in [2.45, 2.75) is 31.0 Å². The third-order valence-corrected chi connectivity index (χ3v) is 7.65. The third kappa shape index (κ3) is 5.09. The number of rotatable bonds is 8. The summed E-state index contributed by atoms with van der Waals surface area (Å²) < 4.78 is 17.6. The summed E-state index contributed by atoms with van der Waals surface area (Å²) >= 11 is 6.00. The van der Waals surface area contributed by atoms with Crippen LogP contribution in [0.25, 0.3) is 10.9 Å². The van der Waals surface area contributed by atoms with Gasteiger partial charge in [0, 0.05) is 47.8 Å². The molecule has 2 aromatic rings. The van der Waals surface area contributed by atoms with Crippen LogP contribution in [-0.2, 0) is 29.9 Å². The number of hydrogen-bond donors (Lipinski definition) is 4. The van der Waals surface area contributed by atoms with Crippen molar-refractivity contribution in [3.63, 3.8) is 0 Å². The van der Waals surface area contributed by atoms with Crippen molar-refractivity contribution in [1.82, 2.24) is 15.2 Å². The number of aliphatic hydroxyl groups is 1. The van der Waals surface area contributed by atoms with E-state index in [0.29, 0.717) is 10.5 Å². The van der Waals surface area contributed by atoms with Crippen molar-refractivity contribution in [2.75, 3.05) is 24.2 Å². The molecule has 11 nitrogen and oxygen atoms in total. The molecular weight excluding hydrogens is 500 g/mol. The average Bonchev–Trinajstić information content (AvgIpc) is 2.80. The summed E-state index contributed by atoms with van der Waals surface area (Å²) in [6.45, 7) is 1.12. The SMILES string of the molecule is CC(=O)OCC1=C(C(=O)O)N2C(O)[C@@H](NC(=O)CCNc3ccnc4cc(Cl)ccc34)C2S(=O)C1. The fourth-order valence-electron chi connectivity index (χ4n) is 4.15. The summed E-state index contributed by atoms with van der Waals surface area (Å²) in [5.41, 5.74) is 1.36. The second kappa shape index (κ2) is 10.2. The second-order valence-electron chi connectivity index (χ2n) is 8.06. The molecule has 4 atom stereocenters. The lowest BCUT2D eigenvalue weighted by Crippen LogP contribution is -2.75. The van der Waals surface area contributed by atoms with E-state index in [9.17, 15) is 28.8 Å². The van der Waals surface area contributed by atoms with Crippen molar-refractivity contribution in [3.05, 3.63) is 46.8 Å². The summed E-state index contributed by atoms with van der Waals surface area (Å²) in [6.07, 6.45) is 0.301. The number of nitrogens with zero attached hydrogens (tertiary/aromatic N) is 2. The van der Waals surface area contributed by atoms with E-state index in [1.807, 2.05) is 6.07 Å². The van der Waals surface area contributed by atoms with Crippen molar-refractivity contribution in [1.29, 1.82) is 0 Å². The smallest absolute Gasteiger partial charge is 0.352 e. The molecular formula is C22H23ClN4O7S. The molecule has 186 valence electrons. The van der Waals surface area contributed by atoms with Gasteiger partial charge >= 0.3 is 11.9 Å². The molecule has 0 radical (unpaired) electrons. The monoisotopic (exact) mass is 522 g/mol. The highest BCUT2D eigenvalue weighted by Crippen LogP contribution is 2.37. The number of nitrogens with one attached hydrogen (secondary N) is 2. The van der Waals surface area contributed by atoms with Crippen LogP contribution in [0.3, 0.4) is 0 Å². The van der Waals surface area contributed by atoms with Crippen LogP contribution in [0.15, 0.2) is 41.7 Å². The zero-order valence-electron chi connectivity index (χ0n) is 18.6. The van der Waals surface area contributed by atoms with Gasteiger partial charge in [0.1, 0.15) is 23.7 Å². The molecule has 2 aliphatic heterocycles. The minimum absolute atomic E-state index is 0.0549. The van der Waals surface area contributed by atoms with Gasteiger partial charge in [-0.3, -0.25) is 18.8 Å². The number of anilines is 1. The van der Waals surface area contributed by atoms with Gasteiger partial charge in [0.2, 0.25) is 5.91 Å². The minimum Gasteiger partial charge on any atom is -0.477 e. The lowest BCUT2D eigenvalue weighted by molar-refractivity contribution is -0.149. The van der Waals surface area contributed by atoms with Crippen LogP contribution in [-0.4, -0.2) is 78.7 Å². The van der Waals surface area contributed by atoms with Crippen molar-refractivity contribution >= 4 is 56.8 Å². The van der Waals surface area contributed by atoms with E-state index < -0.39 is 46.3 Å². The van der Waals surface area contributed by atoms with Gasteiger partial charge in [0.05, 0.1) is 22.1 Å². The van der Waals surface area contributed by atoms with Crippen molar-refractivity contribution < 1.29 is 33.5 Å². The van der Waals surface area contributed by atoms with E-state index in [1.165, 1.54) is 6.92 Å². The molecule has 35 heavy (non-hydrogen) atoms. The van der Waals surface area contributed by atoms with Crippen LogP contribution in [0.2, 0.25) is 5.02 Å². The van der Waals surface area contributed by atoms with Crippen LogP contribution < -0.4 is 10.6 Å². The summed E-state index contributed by atoms with van der Waals surface area (Å²) in [4.78, 5) is 40.8. The topological polar surface area (TPSA) is 158 Å². The Balaban J connectivity index is 1.38. The molecule has 0 aliphatic carbocycles. The van der Waals surface area contributed by atoms with Crippen LogP contribution in [0, 0.1) is 0 Å². The first-order valence-corrected chi connectivity index (χ1v) is 12.4. The van der Waals surface area contributed by atoms with Gasteiger partial charge in [-0.25, -0.2) is 4.79 Å². The number of aromatic nitrogens is 1. The highest BCUT2D eigenvalue weighted by molar-refractivity contribution is 7.86. The quantitative estimate of drug-likeness (QED) is 0.365. The van der Waals surface area contributed by atoms with Crippen LogP contribution in [0.5, 0.6) is 0 Å². The number of hydrogen-bond acceptors (Lipinski definition) is 9. The predicted molar refractivity (Wildman–Crippen MR) is 128 cm³/mol. The van der Waals surface area contributed by atoms with Crippen molar-refractivity contribution in [3.8, 4) is 0 Å². The molecule has 4 N–H and O–H groups in total. The molecule has 3 unspecified atom stereocenters.